The molecule has 1 aliphatic heterocycles. The molecule has 28 heavy (non-hydrogen) atoms. The first-order chi connectivity index (χ1) is 13.5. The van der Waals surface area contributed by atoms with Gasteiger partial charge in [0.05, 0.1) is 18.5 Å². The number of piperidine rings is 1. The van der Waals surface area contributed by atoms with Gasteiger partial charge in [0, 0.05) is 24.7 Å². The third-order valence-corrected chi connectivity index (χ3v) is 4.76. The summed E-state index contributed by atoms with van der Waals surface area (Å²) in [6.07, 6.45) is 1.49. The van der Waals surface area contributed by atoms with Gasteiger partial charge in [0.15, 0.2) is 0 Å². The van der Waals surface area contributed by atoms with Crippen LogP contribution in [0.3, 0.4) is 0 Å². The first-order valence-electron chi connectivity index (χ1n) is 9.02. The average Bonchev–Trinajstić information content (AvgIpc) is 2.70. The summed E-state index contributed by atoms with van der Waals surface area (Å²) in [5.41, 5.74) is 6.26. The molecule has 0 radical (unpaired) electrons. The number of hydrogen-bond donors (Lipinski definition) is 3. The summed E-state index contributed by atoms with van der Waals surface area (Å²) in [6, 6.07) is 10.9. The zero-order valence-corrected chi connectivity index (χ0v) is 15.6. The normalized spacial score (nSPS) is 14.4. The Balaban J connectivity index is 1.56. The van der Waals surface area contributed by atoms with Crippen LogP contribution in [0.5, 0.6) is 5.75 Å². The number of ether oxygens (including phenoxy) is 1. The number of methoxy groups -OCH3 is 1. The standard InChI is InChI=1S/C20H23FN4O3/c1-28-18-5-3-2-4-17(18)25-10-8-14(9-11-25)23-20(27)24-16-12-13(19(22)26)6-7-15(16)21/h2-7,12,14H,8-11H2,1H3,(H2,22,26)(H2,23,24,27). The van der Waals surface area contributed by atoms with Crippen LogP contribution in [0.1, 0.15) is 23.2 Å². The predicted octanol–water partition coefficient (Wildman–Crippen LogP) is 2.72. The molecule has 2 aromatic rings. The smallest absolute Gasteiger partial charge is 0.319 e. The third-order valence-electron chi connectivity index (χ3n) is 4.76. The van der Waals surface area contributed by atoms with E-state index >= 15 is 0 Å². The van der Waals surface area contributed by atoms with E-state index in [2.05, 4.69) is 15.5 Å². The first-order valence-corrected chi connectivity index (χ1v) is 9.02. The number of para-hydroxylation sites is 2. The van der Waals surface area contributed by atoms with Crippen molar-refractivity contribution in [3.05, 3.63) is 53.8 Å². The Kier molecular flexibility index (Phi) is 5.98. The van der Waals surface area contributed by atoms with Gasteiger partial charge in [0.1, 0.15) is 11.6 Å². The second-order valence-electron chi connectivity index (χ2n) is 6.59. The zero-order valence-electron chi connectivity index (χ0n) is 15.6. The van der Waals surface area contributed by atoms with Crippen molar-refractivity contribution in [2.24, 2.45) is 5.73 Å². The van der Waals surface area contributed by atoms with Crippen LogP contribution in [0.15, 0.2) is 42.5 Å². The molecule has 1 fully saturated rings. The summed E-state index contributed by atoms with van der Waals surface area (Å²) in [4.78, 5) is 25.7. The Hall–Kier alpha value is -3.29. The Morgan fingerprint density at radius 3 is 2.57 bits per heavy atom. The molecule has 0 bridgehead atoms. The number of hydrogen-bond acceptors (Lipinski definition) is 4. The van der Waals surface area contributed by atoms with Crippen LogP contribution in [0.25, 0.3) is 0 Å². The molecule has 0 aromatic heterocycles. The number of primary amides is 1. The van der Waals surface area contributed by atoms with Gasteiger partial charge in [-0.15, -0.1) is 0 Å². The van der Waals surface area contributed by atoms with Gasteiger partial charge < -0.3 is 26.0 Å². The van der Waals surface area contributed by atoms with Crippen LogP contribution < -0.4 is 26.0 Å². The summed E-state index contributed by atoms with van der Waals surface area (Å²) in [6.45, 7) is 1.52. The van der Waals surface area contributed by atoms with Gasteiger partial charge in [-0.3, -0.25) is 4.79 Å². The molecule has 148 valence electrons. The molecule has 1 saturated heterocycles. The molecule has 4 N–H and O–H groups in total. The third kappa shape index (κ3) is 4.51. The molecule has 8 heteroatoms. The summed E-state index contributed by atoms with van der Waals surface area (Å²) in [5.74, 6) is -0.505. The lowest BCUT2D eigenvalue weighted by molar-refractivity contribution is 0.1000. The molecular formula is C20H23FN4O3. The van der Waals surface area contributed by atoms with E-state index in [4.69, 9.17) is 10.5 Å². The molecule has 7 nitrogen and oxygen atoms in total. The molecule has 0 spiro atoms. The Labute approximate surface area is 162 Å². The van der Waals surface area contributed by atoms with Crippen molar-refractivity contribution >= 4 is 23.3 Å². The minimum atomic E-state index is -0.688. The van der Waals surface area contributed by atoms with E-state index < -0.39 is 17.8 Å². The van der Waals surface area contributed by atoms with Crippen molar-refractivity contribution < 1.29 is 18.7 Å². The number of carbonyl (C=O) groups is 2. The van der Waals surface area contributed by atoms with E-state index in [0.29, 0.717) is 0 Å². The quantitative estimate of drug-likeness (QED) is 0.736. The molecule has 3 amide bonds. The van der Waals surface area contributed by atoms with Crippen molar-refractivity contribution in [3.8, 4) is 5.75 Å². The van der Waals surface area contributed by atoms with Crippen LogP contribution in [0, 0.1) is 5.82 Å². The van der Waals surface area contributed by atoms with Gasteiger partial charge in [-0.25, -0.2) is 9.18 Å². The van der Waals surface area contributed by atoms with Crippen molar-refractivity contribution in [1.29, 1.82) is 0 Å². The minimum Gasteiger partial charge on any atom is -0.495 e. The molecule has 0 aliphatic carbocycles. The first kappa shape index (κ1) is 19.5. The molecule has 0 unspecified atom stereocenters. The monoisotopic (exact) mass is 386 g/mol. The number of nitrogens with zero attached hydrogens (tertiary/aromatic N) is 1. The Morgan fingerprint density at radius 1 is 1.18 bits per heavy atom. The highest BCUT2D eigenvalue weighted by Crippen LogP contribution is 2.29. The molecule has 2 aromatic carbocycles. The van der Waals surface area contributed by atoms with Crippen LogP contribution in [0.4, 0.5) is 20.6 Å². The summed E-state index contributed by atoms with van der Waals surface area (Å²) < 4.78 is 19.3. The molecule has 0 saturated carbocycles. The number of halogens is 1. The van der Waals surface area contributed by atoms with Crippen LogP contribution in [0.2, 0.25) is 0 Å². The fourth-order valence-corrected chi connectivity index (χ4v) is 3.27. The maximum Gasteiger partial charge on any atom is 0.319 e. The van der Waals surface area contributed by atoms with Gasteiger partial charge >= 0.3 is 6.03 Å². The largest absolute Gasteiger partial charge is 0.495 e. The highest BCUT2D eigenvalue weighted by Gasteiger charge is 2.23. The van der Waals surface area contributed by atoms with E-state index in [1.165, 1.54) is 12.1 Å². The van der Waals surface area contributed by atoms with E-state index in [9.17, 15) is 14.0 Å². The van der Waals surface area contributed by atoms with Crippen molar-refractivity contribution in [2.75, 3.05) is 30.4 Å². The number of rotatable bonds is 5. The van der Waals surface area contributed by atoms with E-state index in [1.54, 1.807) is 7.11 Å². The van der Waals surface area contributed by atoms with Crippen molar-refractivity contribution in [1.82, 2.24) is 5.32 Å². The van der Waals surface area contributed by atoms with Gasteiger partial charge in [0.2, 0.25) is 5.91 Å². The van der Waals surface area contributed by atoms with E-state index in [1.807, 2.05) is 24.3 Å². The average molecular weight is 386 g/mol. The maximum absolute atomic E-state index is 13.9. The molecule has 3 rings (SSSR count). The predicted molar refractivity (Wildman–Crippen MR) is 105 cm³/mol. The molecule has 0 atom stereocenters. The lowest BCUT2D eigenvalue weighted by Gasteiger charge is -2.34. The zero-order chi connectivity index (χ0) is 20.1. The van der Waals surface area contributed by atoms with Crippen LogP contribution >= 0.6 is 0 Å². The minimum absolute atomic E-state index is 0.0339. The summed E-state index contributed by atoms with van der Waals surface area (Å²) in [5, 5.41) is 5.30. The van der Waals surface area contributed by atoms with Crippen LogP contribution in [-0.4, -0.2) is 38.2 Å². The molecule has 1 heterocycles. The van der Waals surface area contributed by atoms with Gasteiger partial charge in [-0.2, -0.15) is 0 Å². The number of urea groups is 1. The van der Waals surface area contributed by atoms with Crippen LogP contribution in [-0.2, 0) is 0 Å². The Morgan fingerprint density at radius 2 is 1.89 bits per heavy atom. The molecule has 1 aliphatic rings. The Bertz CT molecular complexity index is 866. The number of amides is 3. The van der Waals surface area contributed by atoms with Crippen molar-refractivity contribution in [2.45, 2.75) is 18.9 Å². The lowest BCUT2D eigenvalue weighted by atomic mass is 10.0. The number of carbonyl (C=O) groups excluding carboxylic acids is 2. The highest BCUT2D eigenvalue weighted by molar-refractivity contribution is 5.96. The second-order valence-corrected chi connectivity index (χ2v) is 6.59. The van der Waals surface area contributed by atoms with Gasteiger partial charge in [-0.05, 0) is 43.2 Å². The fourth-order valence-electron chi connectivity index (χ4n) is 3.27. The SMILES string of the molecule is COc1ccccc1N1CCC(NC(=O)Nc2cc(C(N)=O)ccc2F)CC1. The number of nitrogens with one attached hydrogen (secondary N) is 2. The number of nitrogens with two attached hydrogens (primary N) is 1. The lowest BCUT2D eigenvalue weighted by Crippen LogP contribution is -2.46. The maximum atomic E-state index is 13.9. The van der Waals surface area contributed by atoms with E-state index in [0.717, 1.165) is 43.4 Å². The topological polar surface area (TPSA) is 96.7 Å². The second kappa shape index (κ2) is 8.60. The summed E-state index contributed by atoms with van der Waals surface area (Å²) in [7, 11) is 1.64. The molecular weight excluding hydrogens is 363 g/mol. The fraction of sp³-hybridized carbons (Fsp3) is 0.300. The van der Waals surface area contributed by atoms with Gasteiger partial charge in [0.25, 0.3) is 0 Å². The van der Waals surface area contributed by atoms with E-state index in [-0.39, 0.29) is 17.3 Å². The highest BCUT2D eigenvalue weighted by atomic mass is 19.1. The number of benzene rings is 2. The van der Waals surface area contributed by atoms with Gasteiger partial charge in [-0.1, -0.05) is 12.1 Å². The summed E-state index contributed by atoms with van der Waals surface area (Å²) >= 11 is 0. The van der Waals surface area contributed by atoms with Crippen molar-refractivity contribution in [3.63, 3.8) is 0 Å². The number of anilines is 2.